The van der Waals surface area contributed by atoms with Crippen LogP contribution in [0.3, 0.4) is 0 Å². The van der Waals surface area contributed by atoms with E-state index in [2.05, 4.69) is 12.7 Å². The summed E-state index contributed by atoms with van der Waals surface area (Å²) >= 11 is 0. The van der Waals surface area contributed by atoms with E-state index in [9.17, 15) is 29.4 Å². The third-order valence-electron chi connectivity index (χ3n) is 11.3. The number of allylic oxidation sites excluding steroid dienone is 6. The number of ether oxygens (including phenoxy) is 4. The van der Waals surface area contributed by atoms with E-state index in [0.717, 1.165) is 30.4 Å². The second-order valence-corrected chi connectivity index (χ2v) is 15.5. The number of cyclic esters (lactones) is 1. The molecule has 4 rings (SSSR count). The lowest BCUT2D eigenvalue weighted by molar-refractivity contribution is -0.302. The summed E-state index contributed by atoms with van der Waals surface area (Å²) in [5, 5.41) is 23.2. The van der Waals surface area contributed by atoms with Gasteiger partial charge in [0.25, 0.3) is 11.7 Å². The predicted molar refractivity (Wildman–Crippen MR) is 196 cm³/mol. The topological polar surface area (TPSA) is 149 Å². The van der Waals surface area contributed by atoms with Crippen molar-refractivity contribution in [3.05, 3.63) is 47.6 Å². The zero-order chi connectivity index (χ0) is 38.2. The van der Waals surface area contributed by atoms with Gasteiger partial charge in [-0.1, -0.05) is 49.3 Å². The van der Waals surface area contributed by atoms with E-state index in [4.69, 9.17) is 18.9 Å². The number of carbonyl (C=O) groups is 4. The monoisotopic (exact) mass is 727 g/mol. The SMILES string of the molecule is C=CCC1/C=C(\C)C[C@H](C)C[C@H](OC)C2OC(O)(C(=O)C(=O)N3CCCC[C@H]3C(=O)O[C@H](/C(C)=C/C3=CCCC3)C[C@@H](O)CC1=O)C(C)CC2OC. The molecule has 2 saturated heterocycles. The maximum atomic E-state index is 14.1. The number of rotatable bonds is 6. The van der Waals surface area contributed by atoms with E-state index in [1.807, 2.05) is 32.9 Å². The Bertz CT molecular complexity index is 1400. The van der Waals surface area contributed by atoms with Crippen LogP contribution >= 0.6 is 0 Å². The van der Waals surface area contributed by atoms with Crippen molar-refractivity contribution in [3.63, 3.8) is 0 Å². The average molecular weight is 728 g/mol. The van der Waals surface area contributed by atoms with E-state index in [0.29, 0.717) is 37.7 Å². The van der Waals surface area contributed by atoms with Gasteiger partial charge in [-0.05, 0) is 89.5 Å². The van der Waals surface area contributed by atoms with E-state index >= 15 is 0 Å². The molecular formula is C41H61NO10. The van der Waals surface area contributed by atoms with Gasteiger partial charge in [0.05, 0.1) is 18.3 Å². The Labute approximate surface area is 309 Å². The Hall–Kier alpha value is -2.96. The Kier molecular flexibility index (Phi) is 15.2. The minimum Gasteiger partial charge on any atom is -0.456 e. The number of ketones is 2. The molecule has 2 N–H and O–H groups in total. The van der Waals surface area contributed by atoms with Crippen molar-refractivity contribution < 1.29 is 48.3 Å². The van der Waals surface area contributed by atoms with Crippen LogP contribution in [0.2, 0.25) is 0 Å². The lowest BCUT2D eigenvalue weighted by Crippen LogP contribution is -2.64. The molecule has 3 heterocycles. The minimum atomic E-state index is -2.48. The highest BCUT2D eigenvalue weighted by molar-refractivity contribution is 6.39. The van der Waals surface area contributed by atoms with Gasteiger partial charge < -0.3 is 34.1 Å². The first-order chi connectivity index (χ1) is 24.7. The number of amides is 1. The average Bonchev–Trinajstić information content (AvgIpc) is 3.63. The fourth-order valence-electron chi connectivity index (χ4n) is 8.32. The van der Waals surface area contributed by atoms with Gasteiger partial charge in [-0.15, -0.1) is 6.58 Å². The summed E-state index contributed by atoms with van der Waals surface area (Å²) in [5.41, 5.74) is 2.81. The van der Waals surface area contributed by atoms with Crippen LogP contribution in [-0.2, 0) is 38.1 Å². The van der Waals surface area contributed by atoms with E-state index in [-0.39, 0.29) is 43.9 Å². The van der Waals surface area contributed by atoms with Crippen LogP contribution in [0.1, 0.15) is 105 Å². The van der Waals surface area contributed by atoms with Crippen LogP contribution in [0.25, 0.3) is 0 Å². The van der Waals surface area contributed by atoms with E-state index < -0.39 is 71.8 Å². The van der Waals surface area contributed by atoms with Gasteiger partial charge >= 0.3 is 5.97 Å². The third kappa shape index (κ3) is 10.2. The van der Waals surface area contributed by atoms with Crippen molar-refractivity contribution in [2.24, 2.45) is 17.8 Å². The molecule has 11 heteroatoms. The number of nitrogens with zero attached hydrogens (tertiary/aromatic N) is 1. The summed E-state index contributed by atoms with van der Waals surface area (Å²) in [6.45, 7) is 11.5. The zero-order valence-electron chi connectivity index (χ0n) is 32.0. The van der Waals surface area contributed by atoms with Gasteiger partial charge in [0, 0.05) is 45.4 Å². The first-order valence-electron chi connectivity index (χ1n) is 19.1. The Morgan fingerprint density at radius 1 is 1.06 bits per heavy atom. The summed E-state index contributed by atoms with van der Waals surface area (Å²) in [5.74, 6) is -6.73. The molecule has 11 nitrogen and oxygen atoms in total. The molecule has 0 radical (unpaired) electrons. The third-order valence-corrected chi connectivity index (χ3v) is 11.3. The standard InChI is InChI=1S/C41H61NO10/c1-8-13-30-19-25(2)18-26(3)20-35(49-6)37-36(50-7)22-28(5)41(48,52-37)38(45)39(46)42-17-12-11-16-32(42)40(47)51-34(24-31(43)23-33(30)44)27(4)21-29-14-9-10-15-29/h8,14,19,21,26,28,30-32,34-37,43,48H,1,9-13,15-18,20,22-24H2,2-7H3/b25-19+,27-21+/t26-,28?,30?,31-,32-,34-,35-,36?,37?,41?/m0/s1. The number of Topliss-reactive ketones (excluding diaryl/α,β-unsaturated/α-hetero) is 2. The number of esters is 1. The maximum absolute atomic E-state index is 14.1. The van der Waals surface area contributed by atoms with Gasteiger partial charge in [-0.3, -0.25) is 14.4 Å². The summed E-state index contributed by atoms with van der Waals surface area (Å²) in [6.07, 6.45) is 9.66. The van der Waals surface area contributed by atoms with E-state index in [1.54, 1.807) is 13.0 Å². The van der Waals surface area contributed by atoms with Crippen LogP contribution < -0.4 is 0 Å². The van der Waals surface area contributed by atoms with E-state index in [1.165, 1.54) is 19.1 Å². The minimum absolute atomic E-state index is 0.0151. The first kappa shape index (κ1) is 41.8. The van der Waals surface area contributed by atoms with Crippen LogP contribution in [0.4, 0.5) is 0 Å². The van der Waals surface area contributed by atoms with Crippen molar-refractivity contribution >= 4 is 23.4 Å². The Morgan fingerprint density at radius 3 is 2.42 bits per heavy atom. The number of aliphatic hydroxyl groups excluding tert-OH is 1. The molecule has 0 aromatic heterocycles. The number of carbonyl (C=O) groups excluding carboxylic acids is 4. The molecule has 52 heavy (non-hydrogen) atoms. The number of hydrogen-bond donors (Lipinski definition) is 2. The molecule has 5 unspecified atom stereocenters. The molecule has 0 aromatic rings. The van der Waals surface area contributed by atoms with Crippen molar-refractivity contribution in [1.29, 1.82) is 0 Å². The number of methoxy groups -OCH3 is 2. The van der Waals surface area contributed by atoms with Gasteiger partial charge in [0.1, 0.15) is 24.0 Å². The second-order valence-electron chi connectivity index (χ2n) is 15.5. The van der Waals surface area contributed by atoms with Crippen molar-refractivity contribution in [2.45, 2.75) is 147 Å². The molecule has 0 saturated carbocycles. The van der Waals surface area contributed by atoms with Crippen molar-refractivity contribution in [3.8, 4) is 0 Å². The second kappa shape index (κ2) is 18.9. The van der Waals surface area contributed by atoms with Gasteiger partial charge in [-0.25, -0.2) is 4.79 Å². The molecule has 290 valence electrons. The molecule has 0 spiro atoms. The highest BCUT2D eigenvalue weighted by Crippen LogP contribution is 2.39. The maximum Gasteiger partial charge on any atom is 0.329 e. The smallest absolute Gasteiger partial charge is 0.329 e. The molecule has 4 aliphatic rings. The highest BCUT2D eigenvalue weighted by atomic mass is 16.7. The zero-order valence-corrected chi connectivity index (χ0v) is 32.0. The fraction of sp³-hybridized carbons (Fsp3) is 0.707. The summed E-state index contributed by atoms with van der Waals surface area (Å²) in [4.78, 5) is 57.0. The first-order valence-corrected chi connectivity index (χ1v) is 19.1. The molecule has 0 aromatic carbocycles. The van der Waals surface area contributed by atoms with Gasteiger partial charge in [0.2, 0.25) is 5.79 Å². The lowest BCUT2D eigenvalue weighted by atomic mass is 9.82. The van der Waals surface area contributed by atoms with Gasteiger partial charge in [0.15, 0.2) is 0 Å². The quantitative estimate of drug-likeness (QED) is 0.209. The van der Waals surface area contributed by atoms with Crippen LogP contribution in [-0.4, -0.2) is 102 Å². The van der Waals surface area contributed by atoms with Crippen LogP contribution in [0, 0.1) is 17.8 Å². The molecule has 1 aliphatic carbocycles. The van der Waals surface area contributed by atoms with Crippen molar-refractivity contribution in [2.75, 3.05) is 20.8 Å². The van der Waals surface area contributed by atoms with Crippen molar-refractivity contribution in [1.82, 2.24) is 4.90 Å². The summed E-state index contributed by atoms with van der Waals surface area (Å²) in [6, 6.07) is -1.08. The highest BCUT2D eigenvalue weighted by Gasteiger charge is 2.56. The number of piperidine rings is 1. The van der Waals surface area contributed by atoms with Crippen LogP contribution in [0.5, 0.6) is 0 Å². The molecule has 1 amide bonds. The number of aliphatic hydroxyl groups is 2. The molecular weight excluding hydrogens is 666 g/mol. The predicted octanol–water partition coefficient (Wildman–Crippen LogP) is 5.33. The molecule has 3 aliphatic heterocycles. The van der Waals surface area contributed by atoms with Gasteiger partial charge in [-0.2, -0.15) is 0 Å². The Balaban J connectivity index is 1.75. The number of fused-ring (bicyclic) bond motifs is 3. The summed E-state index contributed by atoms with van der Waals surface area (Å²) in [7, 11) is 3.07. The number of hydrogen-bond acceptors (Lipinski definition) is 10. The van der Waals surface area contributed by atoms with Crippen LogP contribution in [0.15, 0.2) is 47.6 Å². The molecule has 10 atom stereocenters. The fourth-order valence-corrected chi connectivity index (χ4v) is 8.32. The lowest BCUT2D eigenvalue weighted by Gasteiger charge is -2.47. The Morgan fingerprint density at radius 2 is 1.77 bits per heavy atom. The largest absolute Gasteiger partial charge is 0.456 e. The normalized spacial score (nSPS) is 37.7. The molecule has 2 bridgehead atoms. The molecule has 2 fully saturated rings. The summed E-state index contributed by atoms with van der Waals surface area (Å²) < 4.78 is 24.0.